The van der Waals surface area contributed by atoms with Gasteiger partial charge in [0.05, 0.1) is 11.8 Å². The number of anilines is 3. The minimum atomic E-state index is -0.327. The Morgan fingerprint density at radius 3 is 1.86 bits per heavy atom. The Balaban J connectivity index is 1.57. The number of rotatable bonds is 5. The van der Waals surface area contributed by atoms with Crippen LogP contribution in [-0.2, 0) is 19.8 Å². The number of benzene rings is 2. The Morgan fingerprint density at radius 2 is 1.31 bits per heavy atom. The van der Waals surface area contributed by atoms with Crippen LogP contribution in [0.2, 0.25) is 0 Å². The first-order chi connectivity index (χ1) is 13.6. The summed E-state index contributed by atoms with van der Waals surface area (Å²) in [5.41, 5.74) is 3.07. The molecule has 1 fully saturated rings. The summed E-state index contributed by atoms with van der Waals surface area (Å²) in [6.45, 7) is 7.74. The van der Waals surface area contributed by atoms with Gasteiger partial charge in [0.2, 0.25) is 17.7 Å². The van der Waals surface area contributed by atoms with Gasteiger partial charge in [0.1, 0.15) is 0 Å². The van der Waals surface area contributed by atoms with Crippen molar-refractivity contribution in [2.75, 3.05) is 16.0 Å². The summed E-state index contributed by atoms with van der Waals surface area (Å²) in [7, 11) is 0. The molecule has 2 unspecified atom stereocenters. The van der Waals surface area contributed by atoms with E-state index in [1.807, 2.05) is 24.3 Å². The highest BCUT2D eigenvalue weighted by Gasteiger charge is 2.48. The molecule has 152 valence electrons. The predicted octanol–water partition coefficient (Wildman–Crippen LogP) is 4.16. The lowest BCUT2D eigenvalue weighted by atomic mass is 9.86. The molecule has 3 amide bonds. The normalized spacial score (nSPS) is 17.9. The highest BCUT2D eigenvalue weighted by molar-refractivity contribution is 6.03. The van der Waals surface area contributed by atoms with Crippen LogP contribution in [0.5, 0.6) is 0 Å². The molecule has 2 atom stereocenters. The largest absolute Gasteiger partial charge is 0.326 e. The smallest absolute Gasteiger partial charge is 0.228 e. The van der Waals surface area contributed by atoms with Crippen molar-refractivity contribution >= 4 is 34.8 Å². The SMILES string of the molecule is CC(=O)Nc1ccc(NC(=O)C2CC2C(=O)Nc2ccccc2C(C)(C)C)cc1. The molecule has 3 N–H and O–H groups in total. The number of nitrogens with one attached hydrogen (secondary N) is 3. The number of para-hydroxylation sites is 1. The molecule has 3 rings (SSSR count). The third kappa shape index (κ3) is 5.22. The van der Waals surface area contributed by atoms with E-state index in [0.29, 0.717) is 17.8 Å². The van der Waals surface area contributed by atoms with E-state index in [1.54, 1.807) is 24.3 Å². The molecule has 2 aromatic carbocycles. The molecule has 0 aliphatic heterocycles. The zero-order valence-corrected chi connectivity index (χ0v) is 17.2. The van der Waals surface area contributed by atoms with Crippen LogP contribution in [0.3, 0.4) is 0 Å². The molecule has 29 heavy (non-hydrogen) atoms. The Hall–Kier alpha value is -3.15. The molecule has 0 spiro atoms. The van der Waals surface area contributed by atoms with Crippen LogP contribution in [0.1, 0.15) is 39.7 Å². The van der Waals surface area contributed by atoms with Gasteiger partial charge in [-0.25, -0.2) is 0 Å². The molecular formula is C23H27N3O3. The lowest BCUT2D eigenvalue weighted by Gasteiger charge is -2.23. The average Bonchev–Trinajstić information content (AvgIpc) is 3.43. The second-order valence-corrected chi connectivity index (χ2v) is 8.48. The van der Waals surface area contributed by atoms with Gasteiger partial charge < -0.3 is 16.0 Å². The van der Waals surface area contributed by atoms with E-state index in [2.05, 4.69) is 36.7 Å². The van der Waals surface area contributed by atoms with Gasteiger partial charge >= 0.3 is 0 Å². The Labute approximate surface area is 171 Å². The van der Waals surface area contributed by atoms with Crippen molar-refractivity contribution in [3.63, 3.8) is 0 Å². The van der Waals surface area contributed by atoms with Gasteiger partial charge in [0, 0.05) is 24.0 Å². The van der Waals surface area contributed by atoms with E-state index in [0.717, 1.165) is 11.3 Å². The molecule has 2 aromatic rings. The van der Waals surface area contributed by atoms with Gasteiger partial charge in [0.25, 0.3) is 0 Å². The topological polar surface area (TPSA) is 87.3 Å². The van der Waals surface area contributed by atoms with Gasteiger partial charge in [-0.05, 0) is 47.7 Å². The number of amides is 3. The molecule has 0 bridgehead atoms. The van der Waals surface area contributed by atoms with E-state index in [1.165, 1.54) is 6.92 Å². The van der Waals surface area contributed by atoms with Crippen LogP contribution in [0.25, 0.3) is 0 Å². The lowest BCUT2D eigenvalue weighted by Crippen LogP contribution is -2.22. The lowest BCUT2D eigenvalue weighted by molar-refractivity contribution is -0.122. The van der Waals surface area contributed by atoms with E-state index >= 15 is 0 Å². The molecule has 0 radical (unpaired) electrons. The maximum atomic E-state index is 12.6. The third-order valence-electron chi connectivity index (χ3n) is 4.93. The first-order valence-electron chi connectivity index (χ1n) is 9.74. The van der Waals surface area contributed by atoms with Crippen molar-refractivity contribution in [1.29, 1.82) is 0 Å². The van der Waals surface area contributed by atoms with Crippen LogP contribution in [0.15, 0.2) is 48.5 Å². The molecule has 1 aliphatic carbocycles. The van der Waals surface area contributed by atoms with Gasteiger partial charge in [-0.15, -0.1) is 0 Å². The fourth-order valence-corrected chi connectivity index (χ4v) is 3.32. The fraction of sp³-hybridized carbons (Fsp3) is 0.348. The summed E-state index contributed by atoms with van der Waals surface area (Å²) in [5, 5.41) is 8.51. The van der Waals surface area contributed by atoms with Crippen LogP contribution >= 0.6 is 0 Å². The van der Waals surface area contributed by atoms with Gasteiger partial charge in [-0.3, -0.25) is 14.4 Å². The minimum absolute atomic E-state index is 0.0897. The number of carbonyl (C=O) groups is 3. The number of hydrogen-bond donors (Lipinski definition) is 3. The maximum absolute atomic E-state index is 12.6. The zero-order chi connectivity index (χ0) is 21.2. The summed E-state index contributed by atoms with van der Waals surface area (Å²) in [4.78, 5) is 36.2. The van der Waals surface area contributed by atoms with Crippen molar-refractivity contribution in [2.45, 2.75) is 39.5 Å². The summed E-state index contributed by atoms with van der Waals surface area (Å²) >= 11 is 0. The molecule has 0 saturated heterocycles. The first-order valence-corrected chi connectivity index (χ1v) is 9.74. The minimum Gasteiger partial charge on any atom is -0.326 e. The van der Waals surface area contributed by atoms with Crippen molar-refractivity contribution < 1.29 is 14.4 Å². The third-order valence-corrected chi connectivity index (χ3v) is 4.93. The summed E-state index contributed by atoms with van der Waals surface area (Å²) in [5.74, 6) is -1.08. The zero-order valence-electron chi connectivity index (χ0n) is 17.2. The second kappa shape index (κ2) is 8.07. The maximum Gasteiger partial charge on any atom is 0.228 e. The Kier molecular flexibility index (Phi) is 5.73. The highest BCUT2D eigenvalue weighted by atomic mass is 16.2. The van der Waals surface area contributed by atoms with E-state index < -0.39 is 0 Å². The standard InChI is InChI=1S/C23H27N3O3/c1-14(27)24-15-9-11-16(12-10-15)25-21(28)17-13-18(17)22(29)26-20-8-6-5-7-19(20)23(2,3)4/h5-12,17-18H,13H2,1-4H3,(H,24,27)(H,25,28)(H,26,29). The van der Waals surface area contributed by atoms with Crippen LogP contribution in [-0.4, -0.2) is 17.7 Å². The van der Waals surface area contributed by atoms with Crippen LogP contribution in [0.4, 0.5) is 17.1 Å². The van der Waals surface area contributed by atoms with Crippen LogP contribution < -0.4 is 16.0 Å². The first kappa shape index (κ1) is 20.6. The molecule has 1 saturated carbocycles. The summed E-state index contributed by atoms with van der Waals surface area (Å²) < 4.78 is 0. The van der Waals surface area contributed by atoms with E-state index in [9.17, 15) is 14.4 Å². The molecule has 0 aromatic heterocycles. The predicted molar refractivity (Wildman–Crippen MR) is 115 cm³/mol. The Morgan fingerprint density at radius 1 is 0.793 bits per heavy atom. The summed E-state index contributed by atoms with van der Waals surface area (Å²) in [6, 6.07) is 14.6. The van der Waals surface area contributed by atoms with Crippen molar-refractivity contribution in [3.05, 3.63) is 54.1 Å². The Bertz CT molecular complexity index is 929. The fourth-order valence-electron chi connectivity index (χ4n) is 3.32. The molecule has 6 nitrogen and oxygen atoms in total. The van der Waals surface area contributed by atoms with Crippen molar-refractivity contribution in [3.8, 4) is 0 Å². The van der Waals surface area contributed by atoms with Crippen LogP contribution in [0, 0.1) is 11.8 Å². The van der Waals surface area contributed by atoms with E-state index in [-0.39, 0.29) is 35.0 Å². The monoisotopic (exact) mass is 393 g/mol. The van der Waals surface area contributed by atoms with Crippen molar-refractivity contribution in [2.24, 2.45) is 11.8 Å². The molecule has 0 heterocycles. The molecular weight excluding hydrogens is 366 g/mol. The van der Waals surface area contributed by atoms with Gasteiger partial charge in [0.15, 0.2) is 0 Å². The number of hydrogen-bond acceptors (Lipinski definition) is 3. The van der Waals surface area contributed by atoms with Gasteiger partial charge in [-0.2, -0.15) is 0 Å². The summed E-state index contributed by atoms with van der Waals surface area (Å²) in [6.07, 6.45) is 0.541. The average molecular weight is 393 g/mol. The van der Waals surface area contributed by atoms with Gasteiger partial charge in [-0.1, -0.05) is 39.0 Å². The molecule has 6 heteroatoms. The highest BCUT2D eigenvalue weighted by Crippen LogP contribution is 2.41. The second-order valence-electron chi connectivity index (χ2n) is 8.48. The molecule has 1 aliphatic rings. The van der Waals surface area contributed by atoms with E-state index in [4.69, 9.17) is 0 Å². The number of carbonyl (C=O) groups excluding carboxylic acids is 3. The van der Waals surface area contributed by atoms with Crippen molar-refractivity contribution in [1.82, 2.24) is 0 Å². The quantitative estimate of drug-likeness (QED) is 0.713.